The van der Waals surface area contributed by atoms with Crippen LogP contribution in [0, 0.1) is 29.1 Å². The number of Topliss-reactive ketones (excluding diaryl/α,β-unsaturated/α-hetero) is 1. The first-order chi connectivity index (χ1) is 17.8. The zero-order chi connectivity index (χ0) is 28.0. The van der Waals surface area contributed by atoms with E-state index in [-0.39, 0.29) is 29.5 Å². The molecule has 2 saturated carbocycles. The first-order valence-corrected chi connectivity index (χ1v) is 13.3. The van der Waals surface area contributed by atoms with Crippen molar-refractivity contribution in [2.45, 2.75) is 78.6 Å². The number of allylic oxidation sites excluding steroid dienone is 1. The fourth-order valence-corrected chi connectivity index (χ4v) is 6.80. The zero-order valence-electron chi connectivity index (χ0n) is 23.1. The van der Waals surface area contributed by atoms with Gasteiger partial charge in [0.2, 0.25) is 5.78 Å². The molecule has 0 N–H and O–H groups in total. The molecule has 0 heterocycles. The van der Waals surface area contributed by atoms with Gasteiger partial charge in [0, 0.05) is 20.3 Å². The number of fused-ring (bicyclic) bond motifs is 2. The van der Waals surface area contributed by atoms with Gasteiger partial charge >= 0.3 is 17.9 Å². The minimum Gasteiger partial charge on any atom is -0.462 e. The van der Waals surface area contributed by atoms with Crippen LogP contribution in [-0.2, 0) is 28.6 Å². The first-order valence-electron chi connectivity index (χ1n) is 13.3. The zero-order valence-corrected chi connectivity index (χ0v) is 23.1. The monoisotopic (exact) mass is 522 g/mol. The molecule has 0 bridgehead atoms. The van der Waals surface area contributed by atoms with E-state index in [0.717, 1.165) is 6.42 Å². The average molecular weight is 523 g/mol. The van der Waals surface area contributed by atoms with Gasteiger partial charge in [-0.15, -0.1) is 0 Å². The summed E-state index contributed by atoms with van der Waals surface area (Å²) in [4.78, 5) is 52.4. The lowest BCUT2D eigenvalue weighted by Crippen LogP contribution is -2.55. The molecule has 1 aromatic rings. The highest BCUT2D eigenvalue weighted by molar-refractivity contribution is 6.03. The number of ether oxygens (including phenoxy) is 3. The molecule has 7 atom stereocenters. The van der Waals surface area contributed by atoms with Crippen molar-refractivity contribution in [2.24, 2.45) is 29.1 Å². The summed E-state index contributed by atoms with van der Waals surface area (Å²) < 4.78 is 17.9. The second kappa shape index (κ2) is 10.2. The van der Waals surface area contributed by atoms with Crippen LogP contribution in [0.15, 0.2) is 54.1 Å². The van der Waals surface area contributed by atoms with Gasteiger partial charge in [-0.1, -0.05) is 51.6 Å². The predicted molar refractivity (Wildman–Crippen MR) is 141 cm³/mol. The molecule has 4 rings (SSSR count). The van der Waals surface area contributed by atoms with E-state index in [9.17, 15) is 19.2 Å². The average Bonchev–Trinajstić information content (AvgIpc) is 3.24. The standard InChI is InChI=1S/C31H38O7/c1-17-13-14-23-24(30(23,6)7)15-18(2)28(34)31(38-21(5)33)16-19(3)27(36-20(4)32)25(31)26(17)37-29(35)22-11-9-8-10-12-22/h8-12,15,19,23-27H,1,13-14,16H2,2-7H3/t19-,23+,24+,25+,26-,27-,31+/m0/s1. The van der Waals surface area contributed by atoms with Crippen LogP contribution in [0.3, 0.4) is 0 Å². The second-order valence-electron chi connectivity index (χ2n) is 11.8. The highest BCUT2D eigenvalue weighted by Gasteiger charge is 2.65. The summed E-state index contributed by atoms with van der Waals surface area (Å²) in [5.41, 5.74) is -0.235. The number of esters is 3. The molecule has 0 saturated heterocycles. The van der Waals surface area contributed by atoms with Crippen molar-refractivity contribution in [3.63, 3.8) is 0 Å². The van der Waals surface area contributed by atoms with Crippen molar-refractivity contribution in [1.29, 1.82) is 0 Å². The Morgan fingerprint density at radius 2 is 1.68 bits per heavy atom. The molecular formula is C31H38O7. The molecule has 0 unspecified atom stereocenters. The first kappa shape index (κ1) is 27.8. The minimum absolute atomic E-state index is 0.00840. The van der Waals surface area contributed by atoms with E-state index >= 15 is 0 Å². The maximum absolute atomic E-state index is 14.3. The summed E-state index contributed by atoms with van der Waals surface area (Å²) >= 11 is 0. The van der Waals surface area contributed by atoms with Gasteiger partial charge in [-0.3, -0.25) is 14.4 Å². The number of hydrogen-bond acceptors (Lipinski definition) is 7. The van der Waals surface area contributed by atoms with Crippen molar-refractivity contribution in [3.05, 3.63) is 59.7 Å². The molecule has 3 aliphatic carbocycles. The Bertz CT molecular complexity index is 1180. The Morgan fingerprint density at radius 3 is 2.29 bits per heavy atom. The van der Waals surface area contributed by atoms with Gasteiger partial charge in [-0.2, -0.15) is 0 Å². The van der Waals surface area contributed by atoms with E-state index in [4.69, 9.17) is 14.2 Å². The Morgan fingerprint density at radius 1 is 1.03 bits per heavy atom. The van der Waals surface area contributed by atoms with Gasteiger partial charge in [-0.25, -0.2) is 4.79 Å². The largest absolute Gasteiger partial charge is 0.462 e. The SMILES string of the molecule is C=C1CC[C@@H]2[C@@H](C=C(C)C(=O)[C@@]3(OC(C)=O)C[C@H](C)[C@H](OC(C)=O)[C@H]3[C@H]1OC(=O)c1ccccc1)C2(C)C. The molecule has 7 nitrogen and oxygen atoms in total. The highest BCUT2D eigenvalue weighted by atomic mass is 16.6. The Labute approximate surface area is 224 Å². The van der Waals surface area contributed by atoms with Gasteiger partial charge in [0.25, 0.3) is 0 Å². The molecule has 7 heteroatoms. The van der Waals surface area contributed by atoms with Crippen LogP contribution in [0.5, 0.6) is 0 Å². The summed E-state index contributed by atoms with van der Waals surface area (Å²) in [5, 5.41) is 0. The number of rotatable bonds is 4. The van der Waals surface area contributed by atoms with E-state index in [1.165, 1.54) is 13.8 Å². The molecule has 0 amide bonds. The van der Waals surface area contributed by atoms with E-state index in [1.54, 1.807) is 37.3 Å². The third-order valence-corrected chi connectivity index (χ3v) is 8.77. The van der Waals surface area contributed by atoms with Crippen LogP contribution in [0.1, 0.15) is 71.2 Å². The summed E-state index contributed by atoms with van der Waals surface area (Å²) in [6.45, 7) is 14.8. The van der Waals surface area contributed by atoms with Crippen LogP contribution in [0.25, 0.3) is 0 Å². The normalized spacial score (nSPS) is 34.1. The van der Waals surface area contributed by atoms with Gasteiger partial charge in [0.15, 0.2) is 5.60 Å². The van der Waals surface area contributed by atoms with Crippen LogP contribution in [-0.4, -0.2) is 41.5 Å². The van der Waals surface area contributed by atoms with Gasteiger partial charge in [0.1, 0.15) is 12.2 Å². The molecule has 0 radical (unpaired) electrons. The van der Waals surface area contributed by atoms with E-state index in [0.29, 0.717) is 29.0 Å². The van der Waals surface area contributed by atoms with E-state index in [2.05, 4.69) is 20.4 Å². The summed E-state index contributed by atoms with van der Waals surface area (Å²) in [5.74, 6) is -2.88. The number of carbonyl (C=O) groups excluding carboxylic acids is 4. The number of carbonyl (C=O) groups is 4. The van der Waals surface area contributed by atoms with Crippen molar-refractivity contribution in [3.8, 4) is 0 Å². The molecule has 38 heavy (non-hydrogen) atoms. The fourth-order valence-electron chi connectivity index (χ4n) is 6.80. The number of benzene rings is 1. The second-order valence-corrected chi connectivity index (χ2v) is 11.8. The lowest BCUT2D eigenvalue weighted by atomic mass is 9.76. The van der Waals surface area contributed by atoms with Gasteiger partial charge in [0.05, 0.1) is 11.5 Å². The minimum atomic E-state index is -1.69. The topological polar surface area (TPSA) is 96.0 Å². The molecule has 0 aromatic heterocycles. The number of ketones is 1. The van der Waals surface area contributed by atoms with Gasteiger partial charge in [-0.05, 0) is 66.2 Å². The predicted octanol–water partition coefficient (Wildman–Crippen LogP) is 5.24. The third-order valence-electron chi connectivity index (χ3n) is 8.77. The summed E-state index contributed by atoms with van der Waals surface area (Å²) in [6.07, 6.45) is 1.62. The van der Waals surface area contributed by atoms with E-state index < -0.39 is 41.6 Å². The highest BCUT2D eigenvalue weighted by Crippen LogP contribution is 2.62. The fraction of sp³-hybridized carbons (Fsp3) is 0.548. The van der Waals surface area contributed by atoms with Crippen LogP contribution in [0.4, 0.5) is 0 Å². The molecule has 0 spiro atoms. The molecule has 204 valence electrons. The quantitative estimate of drug-likeness (QED) is 0.303. The maximum Gasteiger partial charge on any atom is 0.338 e. The Hall–Kier alpha value is -3.22. The molecular weight excluding hydrogens is 484 g/mol. The van der Waals surface area contributed by atoms with Crippen LogP contribution in [0.2, 0.25) is 0 Å². The van der Waals surface area contributed by atoms with Crippen molar-refractivity contribution in [1.82, 2.24) is 0 Å². The lowest BCUT2D eigenvalue weighted by molar-refractivity contribution is -0.178. The van der Waals surface area contributed by atoms with Gasteiger partial charge < -0.3 is 14.2 Å². The lowest BCUT2D eigenvalue weighted by Gasteiger charge is -2.40. The summed E-state index contributed by atoms with van der Waals surface area (Å²) in [7, 11) is 0. The Kier molecular flexibility index (Phi) is 7.43. The smallest absolute Gasteiger partial charge is 0.338 e. The van der Waals surface area contributed by atoms with Crippen molar-refractivity contribution < 1.29 is 33.4 Å². The molecule has 1 aromatic carbocycles. The molecule has 0 aliphatic heterocycles. The van der Waals surface area contributed by atoms with Crippen molar-refractivity contribution >= 4 is 23.7 Å². The third kappa shape index (κ3) is 4.95. The van der Waals surface area contributed by atoms with Crippen molar-refractivity contribution in [2.75, 3.05) is 0 Å². The molecule has 3 aliphatic rings. The van der Waals surface area contributed by atoms with Crippen LogP contribution < -0.4 is 0 Å². The Balaban J connectivity index is 1.89. The number of hydrogen-bond donors (Lipinski definition) is 0. The summed E-state index contributed by atoms with van der Waals surface area (Å²) in [6, 6.07) is 8.56. The molecule has 2 fully saturated rings. The van der Waals surface area contributed by atoms with E-state index in [1.807, 2.05) is 13.0 Å². The van der Waals surface area contributed by atoms with Crippen LogP contribution >= 0.6 is 0 Å². The maximum atomic E-state index is 14.3.